The predicted molar refractivity (Wildman–Crippen MR) is 96.9 cm³/mol. The molecule has 1 aromatic rings. The van der Waals surface area contributed by atoms with Gasteiger partial charge in [-0.25, -0.2) is 0 Å². The third kappa shape index (κ3) is 3.48. The number of hydrogen-bond donors (Lipinski definition) is 0. The maximum absolute atomic E-state index is 8.93. The summed E-state index contributed by atoms with van der Waals surface area (Å²) in [5, 5.41) is 17.9. The summed E-state index contributed by atoms with van der Waals surface area (Å²) in [4.78, 5) is 3.58. The van der Waals surface area contributed by atoms with E-state index in [9.17, 15) is 0 Å². The number of thioether (sulfide) groups is 4. The minimum absolute atomic E-state index is 0.489. The summed E-state index contributed by atoms with van der Waals surface area (Å²) in [6.07, 6.45) is 7.96. The SMILES string of the molecule is N#CC1=C(C#N)SC(=C/C=C/C=C2Sc3ccccc3S2)S1. The molecule has 2 aliphatic rings. The first kappa shape index (κ1) is 15.5. The summed E-state index contributed by atoms with van der Waals surface area (Å²) >= 11 is 6.26. The lowest BCUT2D eigenvalue weighted by molar-refractivity contribution is 1.27. The van der Waals surface area contributed by atoms with E-state index in [2.05, 4.69) is 42.5 Å². The molecule has 0 spiro atoms. The quantitative estimate of drug-likeness (QED) is 0.661. The summed E-state index contributed by atoms with van der Waals surface area (Å²) in [5.41, 5.74) is 0. The smallest absolute Gasteiger partial charge is 0.115 e. The van der Waals surface area contributed by atoms with E-state index in [0.717, 1.165) is 4.24 Å². The molecule has 6 heteroatoms. The molecule has 1 aromatic carbocycles. The van der Waals surface area contributed by atoms with Gasteiger partial charge in [-0.2, -0.15) is 10.5 Å². The molecule has 2 nitrogen and oxygen atoms in total. The van der Waals surface area contributed by atoms with Crippen LogP contribution in [0.4, 0.5) is 0 Å². The number of allylic oxidation sites excluding steroid dienone is 6. The molecule has 22 heavy (non-hydrogen) atoms. The Balaban J connectivity index is 1.62. The van der Waals surface area contributed by atoms with Crippen molar-refractivity contribution in [2.75, 3.05) is 0 Å². The van der Waals surface area contributed by atoms with Gasteiger partial charge in [-0.15, -0.1) is 0 Å². The average molecular weight is 357 g/mol. The van der Waals surface area contributed by atoms with Crippen LogP contribution in [0.3, 0.4) is 0 Å². The number of fused-ring (bicyclic) bond motifs is 1. The fraction of sp³-hybridized carbons (Fsp3) is 0. The Morgan fingerprint density at radius 1 is 0.727 bits per heavy atom. The van der Waals surface area contributed by atoms with Crippen LogP contribution >= 0.6 is 47.0 Å². The van der Waals surface area contributed by atoms with E-state index in [1.54, 1.807) is 23.5 Å². The number of hydrogen-bond acceptors (Lipinski definition) is 6. The van der Waals surface area contributed by atoms with E-state index in [4.69, 9.17) is 10.5 Å². The molecule has 0 saturated carbocycles. The van der Waals surface area contributed by atoms with Gasteiger partial charge in [-0.3, -0.25) is 0 Å². The molecule has 2 heterocycles. The normalized spacial score (nSPS) is 16.6. The highest BCUT2D eigenvalue weighted by Crippen LogP contribution is 2.50. The molecule has 0 bridgehead atoms. The fourth-order valence-corrected chi connectivity index (χ4v) is 6.02. The van der Waals surface area contributed by atoms with Gasteiger partial charge in [0.15, 0.2) is 0 Å². The second-order valence-electron chi connectivity index (χ2n) is 4.09. The van der Waals surface area contributed by atoms with Crippen molar-refractivity contribution in [3.63, 3.8) is 0 Å². The lowest BCUT2D eigenvalue weighted by Gasteiger charge is -1.90. The minimum atomic E-state index is 0.489. The van der Waals surface area contributed by atoms with Crippen molar-refractivity contribution in [3.05, 3.63) is 66.9 Å². The Bertz CT molecular complexity index is 764. The van der Waals surface area contributed by atoms with E-state index in [1.807, 2.05) is 18.2 Å². The standard InChI is InChI=1S/C16H8N2S4/c17-9-13-14(10-18)22-16(21-13)8-4-3-7-15-19-11-5-1-2-6-12(11)20-15/h1-8H/b4-3+. The number of rotatable bonds is 2. The Hall–Kier alpha value is -1.44. The lowest BCUT2D eigenvalue weighted by atomic mass is 10.4. The Morgan fingerprint density at radius 2 is 1.18 bits per heavy atom. The van der Waals surface area contributed by atoms with Crippen molar-refractivity contribution in [1.82, 2.24) is 0 Å². The van der Waals surface area contributed by atoms with Gasteiger partial charge in [-0.1, -0.05) is 71.3 Å². The monoisotopic (exact) mass is 356 g/mol. The first-order valence-corrected chi connectivity index (χ1v) is 9.50. The van der Waals surface area contributed by atoms with Gasteiger partial charge in [0.2, 0.25) is 0 Å². The van der Waals surface area contributed by atoms with Crippen molar-refractivity contribution in [3.8, 4) is 12.1 Å². The first-order chi connectivity index (χ1) is 10.8. The van der Waals surface area contributed by atoms with Crippen LogP contribution in [0, 0.1) is 22.7 Å². The summed E-state index contributed by atoms with van der Waals surface area (Å²) in [6.45, 7) is 0. The summed E-state index contributed by atoms with van der Waals surface area (Å²) in [6, 6.07) is 12.5. The second-order valence-corrected chi connectivity index (χ2v) is 8.88. The summed E-state index contributed by atoms with van der Waals surface area (Å²) < 4.78 is 2.20. The van der Waals surface area contributed by atoms with Gasteiger partial charge in [0.05, 0.1) is 4.24 Å². The zero-order valence-electron chi connectivity index (χ0n) is 11.1. The molecule has 106 valence electrons. The number of nitriles is 2. The highest BCUT2D eigenvalue weighted by atomic mass is 32.2. The highest BCUT2D eigenvalue weighted by molar-refractivity contribution is 8.28. The van der Waals surface area contributed by atoms with Crippen molar-refractivity contribution in [1.29, 1.82) is 10.5 Å². The molecule has 0 radical (unpaired) electrons. The van der Waals surface area contributed by atoms with E-state index < -0.39 is 0 Å². The number of nitrogens with zero attached hydrogens (tertiary/aromatic N) is 2. The summed E-state index contributed by atoms with van der Waals surface area (Å²) in [5.74, 6) is 0. The molecular formula is C16H8N2S4. The summed E-state index contributed by atoms with van der Waals surface area (Å²) in [7, 11) is 0. The van der Waals surface area contributed by atoms with Gasteiger partial charge >= 0.3 is 0 Å². The molecule has 0 aliphatic carbocycles. The molecule has 0 aromatic heterocycles. The Morgan fingerprint density at radius 3 is 1.64 bits per heavy atom. The minimum Gasteiger partial charge on any atom is -0.192 e. The average Bonchev–Trinajstić information content (AvgIpc) is 3.14. The Labute approximate surface area is 146 Å². The van der Waals surface area contributed by atoms with Crippen molar-refractivity contribution in [2.45, 2.75) is 9.79 Å². The number of benzene rings is 1. The van der Waals surface area contributed by atoms with E-state index in [-0.39, 0.29) is 0 Å². The van der Waals surface area contributed by atoms with Gasteiger partial charge in [0.1, 0.15) is 21.9 Å². The molecule has 0 fully saturated rings. The maximum atomic E-state index is 8.93. The largest absolute Gasteiger partial charge is 0.192 e. The zero-order valence-corrected chi connectivity index (χ0v) is 14.4. The van der Waals surface area contributed by atoms with Crippen LogP contribution in [-0.4, -0.2) is 0 Å². The third-order valence-corrected chi connectivity index (χ3v) is 7.42. The van der Waals surface area contributed by atoms with Crippen LogP contribution < -0.4 is 0 Å². The third-order valence-electron chi connectivity index (χ3n) is 2.66. The molecule has 2 aliphatic heterocycles. The van der Waals surface area contributed by atoms with Crippen LogP contribution in [0.5, 0.6) is 0 Å². The van der Waals surface area contributed by atoms with Crippen LogP contribution in [0.2, 0.25) is 0 Å². The van der Waals surface area contributed by atoms with Gasteiger partial charge in [0.25, 0.3) is 0 Å². The molecule has 0 N–H and O–H groups in total. The van der Waals surface area contributed by atoms with E-state index in [1.165, 1.54) is 37.6 Å². The van der Waals surface area contributed by atoms with Crippen LogP contribution in [-0.2, 0) is 0 Å². The second kappa shape index (κ2) is 7.21. The van der Waals surface area contributed by atoms with Crippen molar-refractivity contribution < 1.29 is 0 Å². The lowest BCUT2D eigenvalue weighted by Crippen LogP contribution is -1.66. The van der Waals surface area contributed by atoms with Crippen LogP contribution in [0.15, 0.2) is 76.6 Å². The van der Waals surface area contributed by atoms with Gasteiger partial charge < -0.3 is 0 Å². The maximum Gasteiger partial charge on any atom is 0.115 e. The van der Waals surface area contributed by atoms with E-state index in [0.29, 0.717) is 9.81 Å². The molecule has 0 amide bonds. The highest BCUT2D eigenvalue weighted by Gasteiger charge is 2.20. The molecule has 0 saturated heterocycles. The Kier molecular flexibility index (Phi) is 5.07. The topological polar surface area (TPSA) is 47.6 Å². The molecule has 0 unspecified atom stereocenters. The fourth-order valence-electron chi connectivity index (χ4n) is 1.72. The van der Waals surface area contributed by atoms with Crippen molar-refractivity contribution >= 4 is 47.0 Å². The zero-order chi connectivity index (χ0) is 15.4. The van der Waals surface area contributed by atoms with Gasteiger partial charge in [-0.05, 0) is 24.3 Å². The van der Waals surface area contributed by atoms with Gasteiger partial charge in [0, 0.05) is 14.0 Å². The van der Waals surface area contributed by atoms with E-state index >= 15 is 0 Å². The predicted octanol–water partition coefficient (Wildman–Crippen LogP) is 5.86. The molecule has 0 atom stereocenters. The van der Waals surface area contributed by atoms with Crippen LogP contribution in [0.25, 0.3) is 0 Å². The molecule has 3 rings (SSSR count). The van der Waals surface area contributed by atoms with Crippen molar-refractivity contribution in [2.24, 2.45) is 0 Å². The first-order valence-electron chi connectivity index (χ1n) is 6.23. The molecular weight excluding hydrogens is 348 g/mol. The van der Waals surface area contributed by atoms with Crippen LogP contribution in [0.1, 0.15) is 0 Å².